The van der Waals surface area contributed by atoms with Crippen LogP contribution < -0.4 is 0 Å². The van der Waals surface area contributed by atoms with Crippen molar-refractivity contribution in [2.24, 2.45) is 5.41 Å². The summed E-state index contributed by atoms with van der Waals surface area (Å²) in [4.78, 5) is 30.1. The zero-order valence-electron chi connectivity index (χ0n) is 25.0. The van der Waals surface area contributed by atoms with Crippen LogP contribution in [0.1, 0.15) is 53.5 Å². The van der Waals surface area contributed by atoms with Gasteiger partial charge in [0.1, 0.15) is 0 Å². The number of carbonyl (C=O) groups is 2. The van der Waals surface area contributed by atoms with Crippen LogP contribution in [0.15, 0.2) is 48.5 Å². The number of aromatic nitrogens is 1. The van der Waals surface area contributed by atoms with Crippen LogP contribution in [0.5, 0.6) is 0 Å². The molecule has 0 amide bonds. The Morgan fingerprint density at radius 2 is 1.80 bits per heavy atom. The zero-order chi connectivity index (χ0) is 29.2. The number of morpholine rings is 1. The Labute approximate surface area is 243 Å². The maximum Gasteiger partial charge on any atom is 0.193 e. The Morgan fingerprint density at radius 1 is 1.05 bits per heavy atom. The van der Waals surface area contributed by atoms with Gasteiger partial charge in [0.25, 0.3) is 0 Å². The molecular formula is C34H42N2O5. The van der Waals surface area contributed by atoms with Gasteiger partial charge < -0.3 is 18.8 Å². The first-order chi connectivity index (χ1) is 19.7. The number of fused-ring (bicyclic) bond motifs is 3. The normalized spacial score (nSPS) is 19.4. The second-order valence-corrected chi connectivity index (χ2v) is 11.9. The van der Waals surface area contributed by atoms with Crippen LogP contribution in [-0.4, -0.2) is 79.8 Å². The topological polar surface area (TPSA) is 70.0 Å². The summed E-state index contributed by atoms with van der Waals surface area (Å²) in [6, 6.07) is 13.7. The minimum atomic E-state index is -0.682. The van der Waals surface area contributed by atoms with Crippen molar-refractivity contribution in [1.82, 2.24) is 9.47 Å². The van der Waals surface area contributed by atoms with E-state index in [1.54, 1.807) is 7.11 Å². The lowest BCUT2D eigenvalue weighted by Gasteiger charge is -2.44. The molecule has 0 N–H and O–H groups in total. The molecule has 0 saturated carbocycles. The summed E-state index contributed by atoms with van der Waals surface area (Å²) >= 11 is 0. The Balaban J connectivity index is 1.53. The first kappa shape index (κ1) is 29.4. The minimum Gasteiger partial charge on any atom is -0.382 e. The summed E-state index contributed by atoms with van der Waals surface area (Å²) in [5, 5.41) is 1.02. The van der Waals surface area contributed by atoms with Crippen molar-refractivity contribution >= 4 is 28.5 Å². The Hall–Kier alpha value is -3.10. The standard InChI is InChI=1S/C34H42N2O5/c1-24-8-6-7-9-26(24)31(37)25-10-11-29-27(22-25)28-23-34(4,32(38)33(2,3)35-14-17-40-18-15-35)13-12-30(28)36(29)16-19-41-21-20-39-5/h6-13,22H,14-21,23H2,1-5H3. The molecule has 218 valence electrons. The number of Topliss-reactive ketones (excluding diaryl/α,β-unsaturated/α-hetero) is 1. The van der Waals surface area contributed by atoms with E-state index in [2.05, 4.69) is 28.5 Å². The number of benzene rings is 2. The van der Waals surface area contributed by atoms with Crippen molar-refractivity contribution in [2.75, 3.05) is 53.2 Å². The van der Waals surface area contributed by atoms with Gasteiger partial charge in [-0.3, -0.25) is 14.5 Å². The summed E-state index contributed by atoms with van der Waals surface area (Å²) in [5.41, 5.74) is 4.23. The zero-order valence-corrected chi connectivity index (χ0v) is 25.0. The maximum atomic E-state index is 14.2. The molecule has 1 saturated heterocycles. The number of rotatable bonds is 11. The van der Waals surface area contributed by atoms with E-state index in [1.807, 2.05) is 63.2 Å². The monoisotopic (exact) mass is 558 g/mol. The maximum absolute atomic E-state index is 14.2. The highest BCUT2D eigenvalue weighted by Gasteiger charge is 2.46. The number of nitrogens with zero attached hydrogens (tertiary/aromatic N) is 2. The van der Waals surface area contributed by atoms with Gasteiger partial charge in [-0.05, 0) is 69.5 Å². The van der Waals surface area contributed by atoms with Crippen molar-refractivity contribution in [1.29, 1.82) is 0 Å². The van der Waals surface area contributed by atoms with Crippen LogP contribution in [-0.2, 0) is 32.0 Å². The lowest BCUT2D eigenvalue weighted by molar-refractivity contribution is -0.139. The molecule has 1 aliphatic heterocycles. The summed E-state index contributed by atoms with van der Waals surface area (Å²) in [5.74, 6) is 0.206. The van der Waals surface area contributed by atoms with Gasteiger partial charge in [-0.1, -0.05) is 30.3 Å². The van der Waals surface area contributed by atoms with E-state index in [0.29, 0.717) is 57.1 Å². The molecule has 2 heterocycles. The minimum absolute atomic E-state index is 0.00744. The highest BCUT2D eigenvalue weighted by atomic mass is 16.5. The predicted octanol–water partition coefficient (Wildman–Crippen LogP) is 5.10. The Kier molecular flexibility index (Phi) is 8.62. The van der Waals surface area contributed by atoms with Gasteiger partial charge in [0, 0.05) is 54.5 Å². The average Bonchev–Trinajstić information content (AvgIpc) is 3.28. The molecule has 1 fully saturated rings. The number of carbonyl (C=O) groups excluding carboxylic acids is 2. The van der Waals surface area contributed by atoms with Gasteiger partial charge in [-0.15, -0.1) is 0 Å². The summed E-state index contributed by atoms with van der Waals surface area (Å²) in [6.07, 6.45) is 4.76. The lowest BCUT2D eigenvalue weighted by Crippen LogP contribution is -2.58. The van der Waals surface area contributed by atoms with Gasteiger partial charge >= 0.3 is 0 Å². The van der Waals surface area contributed by atoms with Gasteiger partial charge in [-0.2, -0.15) is 0 Å². The van der Waals surface area contributed by atoms with E-state index in [4.69, 9.17) is 14.2 Å². The summed E-state index contributed by atoms with van der Waals surface area (Å²) < 4.78 is 18.7. The molecule has 41 heavy (non-hydrogen) atoms. The highest BCUT2D eigenvalue weighted by Crippen LogP contribution is 2.42. The van der Waals surface area contributed by atoms with Crippen LogP contribution in [0.25, 0.3) is 17.0 Å². The fraction of sp³-hybridized carbons (Fsp3) is 0.471. The van der Waals surface area contributed by atoms with E-state index < -0.39 is 11.0 Å². The smallest absolute Gasteiger partial charge is 0.193 e. The highest BCUT2D eigenvalue weighted by molar-refractivity contribution is 6.12. The first-order valence-corrected chi connectivity index (χ1v) is 14.6. The molecule has 0 spiro atoms. The second-order valence-electron chi connectivity index (χ2n) is 11.9. The average molecular weight is 559 g/mol. The first-order valence-electron chi connectivity index (χ1n) is 14.6. The van der Waals surface area contributed by atoms with E-state index in [-0.39, 0.29) is 11.6 Å². The largest absolute Gasteiger partial charge is 0.382 e. The van der Waals surface area contributed by atoms with Crippen molar-refractivity contribution < 1.29 is 23.8 Å². The number of allylic oxidation sites excluding steroid dienone is 1. The SMILES string of the molecule is COCCOCCn1c2c(c3cc(C(=O)c4ccccc4C)ccc31)CC(C)(C(=O)C(C)(C)N1CCOCC1)C=C2. The van der Waals surface area contributed by atoms with Crippen LogP contribution in [0.4, 0.5) is 0 Å². The third kappa shape index (κ3) is 5.69. The molecule has 1 unspecified atom stereocenters. The summed E-state index contributed by atoms with van der Waals surface area (Å²) in [7, 11) is 1.67. The number of hydrogen-bond donors (Lipinski definition) is 0. The van der Waals surface area contributed by atoms with Crippen LogP contribution in [0.3, 0.4) is 0 Å². The van der Waals surface area contributed by atoms with Crippen LogP contribution in [0, 0.1) is 12.3 Å². The molecule has 5 rings (SSSR count). The van der Waals surface area contributed by atoms with Gasteiger partial charge in [0.2, 0.25) is 0 Å². The fourth-order valence-electron chi connectivity index (χ4n) is 6.40. The molecule has 7 nitrogen and oxygen atoms in total. The molecular weight excluding hydrogens is 516 g/mol. The van der Waals surface area contributed by atoms with Gasteiger partial charge in [-0.25, -0.2) is 0 Å². The molecule has 7 heteroatoms. The van der Waals surface area contributed by atoms with Crippen molar-refractivity contribution in [3.63, 3.8) is 0 Å². The van der Waals surface area contributed by atoms with Gasteiger partial charge in [0.05, 0.1) is 44.0 Å². The fourth-order valence-corrected chi connectivity index (χ4v) is 6.40. The molecule has 3 aromatic rings. The van der Waals surface area contributed by atoms with Crippen LogP contribution in [0.2, 0.25) is 0 Å². The number of hydrogen-bond acceptors (Lipinski definition) is 6. The van der Waals surface area contributed by atoms with E-state index >= 15 is 0 Å². The number of aryl methyl sites for hydroxylation is 1. The second kappa shape index (κ2) is 12.0. The van der Waals surface area contributed by atoms with E-state index in [0.717, 1.165) is 40.8 Å². The van der Waals surface area contributed by atoms with Crippen molar-refractivity contribution in [2.45, 2.75) is 46.2 Å². The third-order valence-electron chi connectivity index (χ3n) is 8.78. The summed E-state index contributed by atoms with van der Waals surface area (Å²) in [6.45, 7) is 13.2. The number of methoxy groups -OCH3 is 1. The quantitative estimate of drug-likeness (QED) is 0.241. The molecule has 0 radical (unpaired) electrons. The molecule has 2 aromatic carbocycles. The molecule has 0 bridgehead atoms. The Bertz CT molecular complexity index is 1460. The Morgan fingerprint density at radius 3 is 2.54 bits per heavy atom. The van der Waals surface area contributed by atoms with Gasteiger partial charge in [0.15, 0.2) is 11.6 Å². The molecule has 1 atom stereocenters. The van der Waals surface area contributed by atoms with Crippen LogP contribution >= 0.6 is 0 Å². The van der Waals surface area contributed by atoms with E-state index in [9.17, 15) is 9.59 Å². The van der Waals surface area contributed by atoms with Crippen molar-refractivity contribution in [3.8, 4) is 0 Å². The molecule has 1 aromatic heterocycles. The third-order valence-corrected chi connectivity index (χ3v) is 8.78. The molecule has 1 aliphatic carbocycles. The molecule has 2 aliphatic rings. The number of ether oxygens (including phenoxy) is 3. The van der Waals surface area contributed by atoms with E-state index in [1.165, 1.54) is 0 Å². The van der Waals surface area contributed by atoms with Crippen molar-refractivity contribution in [3.05, 3.63) is 76.5 Å². The lowest BCUT2D eigenvalue weighted by atomic mass is 9.70. The number of ketones is 2. The predicted molar refractivity (Wildman–Crippen MR) is 162 cm³/mol.